The van der Waals surface area contributed by atoms with Crippen molar-refractivity contribution in [1.82, 2.24) is 25.1 Å². The van der Waals surface area contributed by atoms with Crippen molar-refractivity contribution >= 4 is 17.7 Å². The molecule has 8 heteroatoms. The van der Waals surface area contributed by atoms with Crippen molar-refractivity contribution in [2.75, 3.05) is 12.4 Å². The van der Waals surface area contributed by atoms with Crippen molar-refractivity contribution in [1.29, 1.82) is 0 Å². The molecule has 0 aliphatic rings. The molecule has 0 atom stereocenters. The van der Waals surface area contributed by atoms with Gasteiger partial charge in [0.1, 0.15) is 5.75 Å². The molecule has 2 heterocycles. The highest BCUT2D eigenvalue weighted by Gasteiger charge is 2.19. The fourth-order valence-corrected chi connectivity index (χ4v) is 3.48. The minimum atomic E-state index is -0.275. The molecule has 0 fully saturated rings. The molecule has 0 unspecified atom stereocenters. The number of rotatable bonds is 7. The van der Waals surface area contributed by atoms with Crippen LogP contribution in [0.5, 0.6) is 5.75 Å². The summed E-state index contributed by atoms with van der Waals surface area (Å²) < 4.78 is 7.49. The molecule has 3 aromatic rings. The van der Waals surface area contributed by atoms with E-state index in [1.165, 1.54) is 11.8 Å². The Balaban J connectivity index is 1.92. The van der Waals surface area contributed by atoms with Crippen LogP contribution in [0.2, 0.25) is 0 Å². The van der Waals surface area contributed by atoms with Gasteiger partial charge < -0.3 is 10.1 Å². The Morgan fingerprint density at radius 2 is 1.79 bits per heavy atom. The number of hydrogen-bond donors (Lipinski definition) is 1. The van der Waals surface area contributed by atoms with Crippen LogP contribution in [0.25, 0.3) is 17.1 Å². The van der Waals surface area contributed by atoms with Crippen LogP contribution >= 0.6 is 11.8 Å². The van der Waals surface area contributed by atoms with Gasteiger partial charge in [0.05, 0.1) is 12.4 Å². The SMILES string of the molecule is CCOc1ccc(-n2c(SCC(=O)NC(C)(C)C)nnc2-c2ccncc2)cc1. The zero-order valence-electron chi connectivity index (χ0n) is 17.0. The van der Waals surface area contributed by atoms with E-state index in [4.69, 9.17) is 4.74 Å². The van der Waals surface area contributed by atoms with Crippen LogP contribution in [0.1, 0.15) is 27.7 Å². The number of hydrogen-bond acceptors (Lipinski definition) is 6. The van der Waals surface area contributed by atoms with E-state index in [9.17, 15) is 4.79 Å². The predicted octanol–water partition coefficient (Wildman–Crippen LogP) is 3.73. The Bertz CT molecular complexity index is 949. The van der Waals surface area contributed by atoms with Crippen LogP contribution in [0.3, 0.4) is 0 Å². The molecule has 0 spiro atoms. The Morgan fingerprint density at radius 3 is 2.41 bits per heavy atom. The zero-order valence-corrected chi connectivity index (χ0v) is 17.9. The van der Waals surface area contributed by atoms with E-state index >= 15 is 0 Å². The standard InChI is InChI=1S/C21H25N5O2S/c1-5-28-17-8-6-16(7-9-17)26-19(15-10-12-22-13-11-15)24-25-20(26)29-14-18(27)23-21(2,3)4/h6-13H,5,14H2,1-4H3,(H,23,27). The number of pyridine rings is 1. The van der Waals surface area contributed by atoms with Gasteiger partial charge in [0.2, 0.25) is 5.91 Å². The molecule has 1 aromatic carbocycles. The predicted molar refractivity (Wildman–Crippen MR) is 114 cm³/mol. The average molecular weight is 412 g/mol. The van der Waals surface area contributed by atoms with Gasteiger partial charge in [0, 0.05) is 29.2 Å². The summed E-state index contributed by atoms with van der Waals surface area (Å²) in [5.41, 5.74) is 1.51. The summed E-state index contributed by atoms with van der Waals surface area (Å²) in [6, 6.07) is 11.5. The molecule has 2 aromatic heterocycles. The maximum atomic E-state index is 12.3. The molecule has 29 heavy (non-hydrogen) atoms. The largest absolute Gasteiger partial charge is 0.494 e. The van der Waals surface area contributed by atoms with E-state index in [1.54, 1.807) is 12.4 Å². The molecule has 1 amide bonds. The van der Waals surface area contributed by atoms with Crippen molar-refractivity contribution in [3.8, 4) is 22.8 Å². The van der Waals surface area contributed by atoms with E-state index in [2.05, 4.69) is 20.5 Å². The molecule has 7 nitrogen and oxygen atoms in total. The van der Waals surface area contributed by atoms with Gasteiger partial charge in [-0.3, -0.25) is 14.3 Å². The molecule has 1 N–H and O–H groups in total. The van der Waals surface area contributed by atoms with Gasteiger partial charge in [-0.25, -0.2) is 0 Å². The monoisotopic (exact) mass is 411 g/mol. The number of aromatic nitrogens is 4. The molecule has 3 rings (SSSR count). The number of carbonyl (C=O) groups excluding carboxylic acids is 1. The van der Waals surface area contributed by atoms with E-state index in [-0.39, 0.29) is 17.2 Å². The summed E-state index contributed by atoms with van der Waals surface area (Å²) in [5, 5.41) is 12.3. The first-order valence-electron chi connectivity index (χ1n) is 9.40. The first-order valence-corrected chi connectivity index (χ1v) is 10.4. The van der Waals surface area contributed by atoms with Crippen LogP contribution in [-0.4, -0.2) is 43.6 Å². The summed E-state index contributed by atoms with van der Waals surface area (Å²) in [4.78, 5) is 16.3. The Hall–Kier alpha value is -2.87. The summed E-state index contributed by atoms with van der Waals surface area (Å²) >= 11 is 1.35. The molecule has 0 bridgehead atoms. The van der Waals surface area contributed by atoms with Gasteiger partial charge in [-0.15, -0.1) is 10.2 Å². The van der Waals surface area contributed by atoms with Crippen LogP contribution < -0.4 is 10.1 Å². The smallest absolute Gasteiger partial charge is 0.230 e. The number of nitrogens with zero attached hydrogens (tertiary/aromatic N) is 4. The number of carbonyl (C=O) groups is 1. The summed E-state index contributed by atoms with van der Waals surface area (Å²) in [7, 11) is 0. The number of ether oxygens (including phenoxy) is 1. The molecule has 0 radical (unpaired) electrons. The third-order valence-electron chi connectivity index (χ3n) is 3.82. The van der Waals surface area contributed by atoms with Gasteiger partial charge in [0.15, 0.2) is 11.0 Å². The second kappa shape index (κ2) is 9.09. The minimum Gasteiger partial charge on any atom is -0.494 e. The summed E-state index contributed by atoms with van der Waals surface area (Å²) in [5.74, 6) is 1.70. The molecule has 152 valence electrons. The summed E-state index contributed by atoms with van der Waals surface area (Å²) in [6.45, 7) is 8.43. The first-order chi connectivity index (χ1) is 13.9. The fourth-order valence-electron chi connectivity index (χ4n) is 2.73. The first kappa shape index (κ1) is 20.9. The quantitative estimate of drug-likeness (QED) is 0.597. The second-order valence-electron chi connectivity index (χ2n) is 7.39. The fraction of sp³-hybridized carbons (Fsp3) is 0.333. The van der Waals surface area contributed by atoms with E-state index in [1.807, 2.05) is 68.7 Å². The van der Waals surface area contributed by atoms with E-state index in [0.717, 1.165) is 17.0 Å². The van der Waals surface area contributed by atoms with Gasteiger partial charge in [-0.05, 0) is 64.1 Å². The van der Waals surface area contributed by atoms with Crippen LogP contribution in [0, 0.1) is 0 Å². The van der Waals surface area contributed by atoms with Crippen LogP contribution in [0.15, 0.2) is 53.9 Å². The lowest BCUT2D eigenvalue weighted by atomic mass is 10.1. The van der Waals surface area contributed by atoms with E-state index in [0.29, 0.717) is 17.6 Å². The maximum absolute atomic E-state index is 12.3. The molecule has 0 saturated heterocycles. The van der Waals surface area contributed by atoms with Crippen molar-refractivity contribution in [2.45, 2.75) is 38.4 Å². The number of thioether (sulfide) groups is 1. The van der Waals surface area contributed by atoms with Crippen molar-refractivity contribution in [3.63, 3.8) is 0 Å². The van der Waals surface area contributed by atoms with Gasteiger partial charge in [-0.1, -0.05) is 11.8 Å². The Kier molecular flexibility index (Phi) is 6.53. The highest BCUT2D eigenvalue weighted by Crippen LogP contribution is 2.28. The Morgan fingerprint density at radius 1 is 1.10 bits per heavy atom. The van der Waals surface area contributed by atoms with Crippen LogP contribution in [-0.2, 0) is 4.79 Å². The number of nitrogens with one attached hydrogen (secondary N) is 1. The zero-order chi connectivity index (χ0) is 20.9. The molecular formula is C21H25N5O2S. The lowest BCUT2D eigenvalue weighted by Crippen LogP contribution is -2.41. The molecular weight excluding hydrogens is 386 g/mol. The molecule has 0 aliphatic carbocycles. The van der Waals surface area contributed by atoms with E-state index < -0.39 is 0 Å². The lowest BCUT2D eigenvalue weighted by molar-refractivity contribution is -0.119. The summed E-state index contributed by atoms with van der Waals surface area (Å²) in [6.07, 6.45) is 3.44. The van der Waals surface area contributed by atoms with Gasteiger partial charge in [-0.2, -0.15) is 0 Å². The van der Waals surface area contributed by atoms with Crippen LogP contribution in [0.4, 0.5) is 0 Å². The second-order valence-corrected chi connectivity index (χ2v) is 8.33. The van der Waals surface area contributed by atoms with Crippen molar-refractivity contribution < 1.29 is 9.53 Å². The number of amides is 1. The van der Waals surface area contributed by atoms with Crippen molar-refractivity contribution in [2.24, 2.45) is 0 Å². The minimum absolute atomic E-state index is 0.0470. The lowest BCUT2D eigenvalue weighted by Gasteiger charge is -2.20. The average Bonchev–Trinajstić information content (AvgIpc) is 3.10. The maximum Gasteiger partial charge on any atom is 0.230 e. The third kappa shape index (κ3) is 5.57. The molecule has 0 aliphatic heterocycles. The topological polar surface area (TPSA) is 81.9 Å². The normalized spacial score (nSPS) is 11.3. The van der Waals surface area contributed by atoms with Gasteiger partial charge >= 0.3 is 0 Å². The highest BCUT2D eigenvalue weighted by atomic mass is 32.2. The highest BCUT2D eigenvalue weighted by molar-refractivity contribution is 7.99. The number of benzene rings is 1. The molecule has 0 saturated carbocycles. The third-order valence-corrected chi connectivity index (χ3v) is 4.75. The van der Waals surface area contributed by atoms with Gasteiger partial charge in [0.25, 0.3) is 0 Å². The Labute approximate surface area is 174 Å². The van der Waals surface area contributed by atoms with Crippen molar-refractivity contribution in [3.05, 3.63) is 48.8 Å².